The van der Waals surface area contributed by atoms with E-state index in [4.69, 9.17) is 0 Å². The zero-order valence-corrected chi connectivity index (χ0v) is 13.7. The number of nitrogens with one attached hydrogen (secondary N) is 1. The summed E-state index contributed by atoms with van der Waals surface area (Å²) in [6.45, 7) is 1.88. The van der Waals surface area contributed by atoms with Crippen molar-refractivity contribution in [1.82, 2.24) is 5.43 Å². The number of nitrogens with zero attached hydrogens (tertiary/aromatic N) is 2. The van der Waals surface area contributed by atoms with E-state index in [1.165, 1.54) is 24.4 Å². The van der Waals surface area contributed by atoms with Crippen molar-refractivity contribution in [3.63, 3.8) is 0 Å². The summed E-state index contributed by atoms with van der Waals surface area (Å²) in [7, 11) is 0. The van der Waals surface area contributed by atoms with Crippen LogP contribution in [0, 0.1) is 17.0 Å². The van der Waals surface area contributed by atoms with Gasteiger partial charge in [-0.05, 0) is 6.92 Å². The summed E-state index contributed by atoms with van der Waals surface area (Å²) in [6, 6.07) is 12.3. The molecule has 0 unspecified atom stereocenters. The molecule has 8 heteroatoms. The van der Waals surface area contributed by atoms with E-state index < -0.39 is 16.6 Å². The lowest BCUT2D eigenvalue weighted by Gasteiger charge is -2.01. The zero-order valence-electron chi connectivity index (χ0n) is 13.7. The predicted octanol–water partition coefficient (Wildman–Crippen LogP) is 2.52. The number of aliphatic hydroxyl groups excluding tert-OH is 1. The van der Waals surface area contributed by atoms with Crippen LogP contribution >= 0.6 is 0 Å². The third kappa shape index (κ3) is 5.10. The Balaban J connectivity index is 1.99. The highest BCUT2D eigenvalue weighted by Gasteiger charge is 2.12. The van der Waals surface area contributed by atoms with Crippen molar-refractivity contribution in [2.24, 2.45) is 5.10 Å². The van der Waals surface area contributed by atoms with Crippen molar-refractivity contribution in [2.45, 2.75) is 6.92 Å². The molecule has 2 rings (SSSR count). The Labute approximate surface area is 148 Å². The number of benzene rings is 2. The molecule has 0 fully saturated rings. The molecule has 1 amide bonds. The maximum absolute atomic E-state index is 11.8. The number of carbonyl (C=O) groups excluding carboxylic acids is 2. The molecule has 0 heterocycles. The summed E-state index contributed by atoms with van der Waals surface area (Å²) in [6.07, 6.45) is 1.96. The molecule has 0 aliphatic rings. The van der Waals surface area contributed by atoms with Gasteiger partial charge in [0.05, 0.1) is 11.1 Å². The Morgan fingerprint density at radius 3 is 2.54 bits per heavy atom. The van der Waals surface area contributed by atoms with Gasteiger partial charge in [0.2, 0.25) is 5.78 Å². The number of aliphatic hydroxyl groups is 1. The van der Waals surface area contributed by atoms with Crippen molar-refractivity contribution >= 4 is 29.4 Å². The molecule has 8 nitrogen and oxygen atoms in total. The molecule has 0 spiro atoms. The van der Waals surface area contributed by atoms with Gasteiger partial charge < -0.3 is 5.11 Å². The summed E-state index contributed by atoms with van der Waals surface area (Å²) < 4.78 is 0. The average Bonchev–Trinajstić information content (AvgIpc) is 2.62. The highest BCUT2D eigenvalue weighted by atomic mass is 16.6. The van der Waals surface area contributed by atoms with E-state index in [2.05, 4.69) is 5.10 Å². The summed E-state index contributed by atoms with van der Waals surface area (Å²) in [5, 5.41) is 24.1. The second-order valence-electron chi connectivity index (χ2n) is 5.31. The van der Waals surface area contributed by atoms with E-state index in [0.717, 1.165) is 11.6 Å². The molecule has 0 atom stereocenters. The Morgan fingerprint density at radius 1 is 1.19 bits per heavy atom. The van der Waals surface area contributed by atoms with E-state index >= 15 is 0 Å². The zero-order chi connectivity index (χ0) is 19.1. The highest BCUT2D eigenvalue weighted by Crippen LogP contribution is 2.12. The van der Waals surface area contributed by atoms with Crippen LogP contribution in [0.2, 0.25) is 0 Å². The number of carbonyl (C=O) groups is 2. The predicted molar refractivity (Wildman–Crippen MR) is 95.6 cm³/mol. The molecule has 132 valence electrons. The first-order valence-corrected chi connectivity index (χ1v) is 7.46. The van der Waals surface area contributed by atoms with Crippen molar-refractivity contribution in [1.29, 1.82) is 0 Å². The van der Waals surface area contributed by atoms with Gasteiger partial charge in [0, 0.05) is 29.3 Å². The van der Waals surface area contributed by atoms with Gasteiger partial charge in [0.15, 0.2) is 0 Å². The van der Waals surface area contributed by atoms with Crippen LogP contribution in [0.5, 0.6) is 0 Å². The first-order valence-electron chi connectivity index (χ1n) is 7.46. The normalized spacial score (nSPS) is 11.3. The van der Waals surface area contributed by atoms with E-state index in [9.17, 15) is 24.8 Å². The molecular weight excluding hydrogens is 338 g/mol. The van der Waals surface area contributed by atoms with Crippen LogP contribution in [0.25, 0.3) is 5.76 Å². The summed E-state index contributed by atoms with van der Waals surface area (Å²) in [5.74, 6) is -2.38. The van der Waals surface area contributed by atoms with E-state index in [1.807, 2.05) is 12.3 Å². The second-order valence-corrected chi connectivity index (χ2v) is 5.31. The number of ketones is 1. The van der Waals surface area contributed by atoms with Crippen LogP contribution < -0.4 is 5.43 Å². The van der Waals surface area contributed by atoms with Crippen molar-refractivity contribution in [3.05, 3.63) is 81.4 Å². The van der Waals surface area contributed by atoms with Gasteiger partial charge in [0.1, 0.15) is 5.76 Å². The van der Waals surface area contributed by atoms with Gasteiger partial charge in [0.25, 0.3) is 5.69 Å². The Hall–Kier alpha value is -3.81. The summed E-state index contributed by atoms with van der Waals surface area (Å²) in [4.78, 5) is 33.6. The molecule has 0 saturated carbocycles. The van der Waals surface area contributed by atoms with Crippen LogP contribution in [0.4, 0.5) is 5.69 Å². The third-order valence-corrected chi connectivity index (χ3v) is 3.30. The number of rotatable bonds is 6. The monoisotopic (exact) mass is 353 g/mol. The SMILES string of the molecule is Cc1ccc(C(O)=CC(=O)C(=O)N/N=C\c2cccc([N+](=O)[O-])c2)cc1. The fourth-order valence-corrected chi connectivity index (χ4v) is 1.94. The first-order chi connectivity index (χ1) is 12.4. The number of hydrogen-bond donors (Lipinski definition) is 2. The van der Waals surface area contributed by atoms with Crippen LogP contribution in [-0.2, 0) is 9.59 Å². The number of hydrogen-bond acceptors (Lipinski definition) is 6. The lowest BCUT2D eigenvalue weighted by atomic mass is 10.1. The minimum atomic E-state index is -1.05. The number of non-ortho nitro benzene ring substituents is 1. The Morgan fingerprint density at radius 2 is 1.88 bits per heavy atom. The Kier molecular flexibility index (Phi) is 5.94. The maximum atomic E-state index is 11.8. The third-order valence-electron chi connectivity index (χ3n) is 3.30. The topological polar surface area (TPSA) is 122 Å². The summed E-state index contributed by atoms with van der Waals surface area (Å²) in [5.41, 5.74) is 3.64. The van der Waals surface area contributed by atoms with Crippen molar-refractivity contribution in [2.75, 3.05) is 0 Å². The minimum absolute atomic E-state index is 0.123. The molecule has 0 aliphatic carbocycles. The fourth-order valence-electron chi connectivity index (χ4n) is 1.94. The fraction of sp³-hybridized carbons (Fsp3) is 0.0556. The van der Waals surface area contributed by atoms with Gasteiger partial charge in [-0.25, -0.2) is 5.43 Å². The molecule has 2 aromatic rings. The van der Waals surface area contributed by atoms with Gasteiger partial charge in [-0.2, -0.15) is 5.10 Å². The largest absolute Gasteiger partial charge is 0.507 e. The number of hydrazone groups is 1. The summed E-state index contributed by atoms with van der Waals surface area (Å²) >= 11 is 0. The van der Waals surface area contributed by atoms with Gasteiger partial charge in [-0.3, -0.25) is 19.7 Å². The number of nitro groups is 1. The molecule has 0 aromatic heterocycles. The van der Waals surface area contributed by atoms with E-state index in [-0.39, 0.29) is 11.4 Å². The standard InChI is InChI=1S/C18H15N3O5/c1-12-5-7-14(8-6-12)16(22)10-17(23)18(24)20-19-11-13-3-2-4-15(9-13)21(25)26/h2-11,22H,1H3,(H,20,24)/b16-10?,19-11-. The average molecular weight is 353 g/mol. The van der Waals surface area contributed by atoms with Gasteiger partial charge in [-0.1, -0.05) is 42.0 Å². The van der Waals surface area contributed by atoms with Crippen LogP contribution in [-0.4, -0.2) is 27.9 Å². The molecule has 26 heavy (non-hydrogen) atoms. The van der Waals surface area contributed by atoms with Crippen molar-refractivity contribution < 1.29 is 19.6 Å². The number of nitro benzene ring substituents is 1. The van der Waals surface area contributed by atoms with Crippen LogP contribution in [0.1, 0.15) is 16.7 Å². The lowest BCUT2D eigenvalue weighted by molar-refractivity contribution is -0.384. The molecule has 2 aromatic carbocycles. The number of amides is 1. The molecule has 0 saturated heterocycles. The van der Waals surface area contributed by atoms with Gasteiger partial charge >= 0.3 is 5.91 Å². The lowest BCUT2D eigenvalue weighted by Crippen LogP contribution is -2.25. The molecule has 0 radical (unpaired) electrons. The minimum Gasteiger partial charge on any atom is -0.507 e. The van der Waals surface area contributed by atoms with Crippen LogP contribution in [0.3, 0.4) is 0 Å². The second kappa shape index (κ2) is 8.34. The number of aryl methyl sites for hydroxylation is 1. The molecule has 2 N–H and O–H groups in total. The van der Waals surface area contributed by atoms with E-state index in [1.54, 1.807) is 30.3 Å². The highest BCUT2D eigenvalue weighted by molar-refractivity contribution is 6.41. The molecular formula is C18H15N3O5. The van der Waals surface area contributed by atoms with Crippen LogP contribution in [0.15, 0.2) is 59.7 Å². The Bertz CT molecular complexity index is 901. The smallest absolute Gasteiger partial charge is 0.311 e. The first kappa shape index (κ1) is 18.5. The van der Waals surface area contributed by atoms with Gasteiger partial charge in [-0.15, -0.1) is 0 Å². The maximum Gasteiger partial charge on any atom is 0.311 e. The molecule has 0 bridgehead atoms. The van der Waals surface area contributed by atoms with E-state index in [0.29, 0.717) is 11.1 Å². The van der Waals surface area contributed by atoms with Crippen molar-refractivity contribution in [3.8, 4) is 0 Å². The molecule has 0 aliphatic heterocycles. The quantitative estimate of drug-likeness (QED) is 0.206.